The Balaban J connectivity index is 2.12. The smallest absolute Gasteiger partial charge is 0.180 e. The third-order valence-corrected chi connectivity index (χ3v) is 5.75. The summed E-state index contributed by atoms with van der Waals surface area (Å²) in [5.74, 6) is -0.316. The Morgan fingerprint density at radius 2 is 1.90 bits per heavy atom. The van der Waals surface area contributed by atoms with E-state index in [1.807, 2.05) is 12.1 Å². The van der Waals surface area contributed by atoms with Crippen LogP contribution in [-0.4, -0.2) is 38.6 Å². The van der Waals surface area contributed by atoms with Gasteiger partial charge in [-0.25, -0.2) is 8.42 Å². The van der Waals surface area contributed by atoms with Crippen molar-refractivity contribution < 1.29 is 18.3 Å². The van der Waals surface area contributed by atoms with Crippen LogP contribution in [0.1, 0.15) is 32.8 Å². The first-order chi connectivity index (χ1) is 9.70. The Labute approximate surface area is 127 Å². The molecule has 1 aromatic carbocycles. The number of benzene rings is 1. The van der Waals surface area contributed by atoms with E-state index >= 15 is 0 Å². The second-order valence-electron chi connectivity index (χ2n) is 6.75. The third kappa shape index (κ3) is 4.05. The predicted octanol–water partition coefficient (Wildman–Crippen LogP) is 2.16. The normalized spacial score (nSPS) is 21.4. The van der Waals surface area contributed by atoms with Crippen molar-refractivity contribution in [2.75, 3.05) is 19.0 Å². The van der Waals surface area contributed by atoms with Crippen molar-refractivity contribution in [3.8, 4) is 0 Å². The molecule has 0 radical (unpaired) electrons. The Bertz CT molecular complexity index is 563. The lowest BCUT2D eigenvalue weighted by molar-refractivity contribution is 0.108. The average molecular weight is 312 g/mol. The molecule has 21 heavy (non-hydrogen) atoms. The monoisotopic (exact) mass is 312 g/mol. The molecule has 0 aromatic heterocycles. The molecule has 1 aromatic rings. The molecular formula is C16H24O4S. The van der Waals surface area contributed by atoms with Gasteiger partial charge in [-0.15, -0.1) is 0 Å². The van der Waals surface area contributed by atoms with Crippen molar-refractivity contribution in [3.63, 3.8) is 0 Å². The summed E-state index contributed by atoms with van der Waals surface area (Å²) in [6.07, 6.45) is -0.139. The summed E-state index contributed by atoms with van der Waals surface area (Å²) in [4.78, 5) is 0.272. The molecule has 1 heterocycles. The molecule has 118 valence electrons. The van der Waals surface area contributed by atoms with Crippen LogP contribution in [0.2, 0.25) is 0 Å². The highest BCUT2D eigenvalue weighted by atomic mass is 32.2. The van der Waals surface area contributed by atoms with Crippen LogP contribution in [0.4, 0.5) is 0 Å². The van der Waals surface area contributed by atoms with Crippen LogP contribution < -0.4 is 0 Å². The summed E-state index contributed by atoms with van der Waals surface area (Å²) in [6.45, 7) is 7.29. The highest BCUT2D eigenvalue weighted by molar-refractivity contribution is 7.91. The zero-order valence-electron chi connectivity index (χ0n) is 12.9. The predicted molar refractivity (Wildman–Crippen MR) is 82.1 cm³/mol. The molecule has 0 aliphatic carbocycles. The molecule has 0 amide bonds. The van der Waals surface area contributed by atoms with E-state index in [9.17, 15) is 13.5 Å². The molecule has 0 spiro atoms. The van der Waals surface area contributed by atoms with Crippen LogP contribution in [0, 0.1) is 5.92 Å². The van der Waals surface area contributed by atoms with E-state index in [1.54, 1.807) is 12.1 Å². The van der Waals surface area contributed by atoms with Crippen molar-refractivity contribution in [2.45, 2.75) is 43.6 Å². The first-order valence-electron chi connectivity index (χ1n) is 7.29. The summed E-state index contributed by atoms with van der Waals surface area (Å²) < 4.78 is 29.9. The first-order valence-corrected chi connectivity index (χ1v) is 8.94. The highest BCUT2D eigenvalue weighted by Crippen LogP contribution is 2.25. The fraction of sp³-hybridized carbons (Fsp3) is 0.625. The van der Waals surface area contributed by atoms with Gasteiger partial charge in [0.25, 0.3) is 0 Å². The molecule has 1 aliphatic heterocycles. The van der Waals surface area contributed by atoms with E-state index in [4.69, 9.17) is 4.74 Å². The largest absolute Gasteiger partial charge is 0.392 e. The number of aliphatic hydroxyl groups is 1. The van der Waals surface area contributed by atoms with Gasteiger partial charge >= 0.3 is 0 Å². The summed E-state index contributed by atoms with van der Waals surface area (Å²) in [5.41, 5.74) is 1.08. The van der Waals surface area contributed by atoms with Gasteiger partial charge in [0, 0.05) is 12.5 Å². The van der Waals surface area contributed by atoms with Crippen LogP contribution in [0.25, 0.3) is 0 Å². The van der Waals surface area contributed by atoms with Gasteiger partial charge in [0.2, 0.25) is 0 Å². The fourth-order valence-corrected chi connectivity index (χ4v) is 3.94. The number of rotatable bonds is 4. The van der Waals surface area contributed by atoms with Gasteiger partial charge in [-0.3, -0.25) is 0 Å². The summed E-state index contributed by atoms with van der Waals surface area (Å²) in [7, 11) is -3.46. The van der Waals surface area contributed by atoms with E-state index in [2.05, 4.69) is 20.8 Å². The molecule has 2 atom stereocenters. The van der Waals surface area contributed by atoms with Gasteiger partial charge in [0.1, 0.15) is 0 Å². The maximum Gasteiger partial charge on any atom is 0.180 e. The quantitative estimate of drug-likeness (QED) is 0.925. The van der Waals surface area contributed by atoms with Gasteiger partial charge in [0.05, 0.1) is 23.4 Å². The van der Waals surface area contributed by atoms with Gasteiger partial charge in [-0.1, -0.05) is 32.9 Å². The molecule has 2 unspecified atom stereocenters. The van der Waals surface area contributed by atoms with Crippen LogP contribution >= 0.6 is 0 Å². The van der Waals surface area contributed by atoms with E-state index in [-0.39, 0.29) is 22.0 Å². The molecule has 1 fully saturated rings. The number of aliphatic hydroxyl groups excluding tert-OH is 1. The van der Waals surface area contributed by atoms with Crippen LogP contribution in [-0.2, 0) is 20.0 Å². The zero-order valence-corrected chi connectivity index (χ0v) is 13.7. The molecule has 2 rings (SSSR count). The lowest BCUT2D eigenvalue weighted by Crippen LogP contribution is -2.29. The van der Waals surface area contributed by atoms with Crippen molar-refractivity contribution in [2.24, 2.45) is 5.92 Å². The van der Waals surface area contributed by atoms with Crippen LogP contribution in [0.5, 0.6) is 0 Å². The van der Waals surface area contributed by atoms with Crippen molar-refractivity contribution >= 4 is 9.84 Å². The number of hydrogen-bond acceptors (Lipinski definition) is 4. The molecule has 0 saturated carbocycles. The Morgan fingerprint density at radius 3 is 2.38 bits per heavy atom. The second-order valence-corrected chi connectivity index (χ2v) is 8.78. The van der Waals surface area contributed by atoms with Crippen molar-refractivity contribution in [3.05, 3.63) is 29.8 Å². The van der Waals surface area contributed by atoms with Gasteiger partial charge in [-0.05, 0) is 29.5 Å². The second kappa shape index (κ2) is 6.07. The molecule has 4 nitrogen and oxygen atoms in total. The van der Waals surface area contributed by atoms with Crippen molar-refractivity contribution in [1.29, 1.82) is 0 Å². The molecule has 0 bridgehead atoms. The fourth-order valence-electron chi connectivity index (χ4n) is 2.48. The van der Waals surface area contributed by atoms with E-state index in [0.29, 0.717) is 13.2 Å². The molecule has 1 N–H and O–H groups in total. The van der Waals surface area contributed by atoms with Crippen molar-refractivity contribution in [1.82, 2.24) is 0 Å². The standard InChI is InChI=1S/C16H24O4S/c1-16(2,3)13-4-6-14(7-5-13)21(18,19)11-15(17)12-8-9-20-10-12/h4-7,12,15,17H,8-11H2,1-3H3. The maximum absolute atomic E-state index is 12.4. The zero-order chi connectivity index (χ0) is 15.7. The average Bonchev–Trinajstić information content (AvgIpc) is 2.91. The maximum atomic E-state index is 12.4. The van der Waals surface area contributed by atoms with Gasteiger partial charge in [-0.2, -0.15) is 0 Å². The molecule has 1 saturated heterocycles. The molecular weight excluding hydrogens is 288 g/mol. The summed E-state index contributed by atoms with van der Waals surface area (Å²) >= 11 is 0. The minimum Gasteiger partial charge on any atom is -0.392 e. The minimum atomic E-state index is -3.46. The minimum absolute atomic E-state index is 0.0109. The molecule has 5 heteroatoms. The first kappa shape index (κ1) is 16.5. The topological polar surface area (TPSA) is 63.6 Å². The summed E-state index contributed by atoms with van der Waals surface area (Å²) in [6, 6.07) is 6.96. The highest BCUT2D eigenvalue weighted by Gasteiger charge is 2.29. The Kier molecular flexibility index (Phi) is 4.76. The van der Waals surface area contributed by atoms with E-state index in [1.165, 1.54) is 0 Å². The SMILES string of the molecule is CC(C)(C)c1ccc(S(=O)(=O)CC(O)C2CCOC2)cc1. The third-order valence-electron chi connectivity index (χ3n) is 3.98. The van der Waals surface area contributed by atoms with Gasteiger partial charge in [0.15, 0.2) is 9.84 Å². The Morgan fingerprint density at radius 1 is 1.29 bits per heavy atom. The van der Waals surface area contributed by atoms with Gasteiger partial charge < -0.3 is 9.84 Å². The lowest BCUT2D eigenvalue weighted by Gasteiger charge is -2.20. The van der Waals surface area contributed by atoms with Crippen LogP contribution in [0.15, 0.2) is 29.2 Å². The van der Waals surface area contributed by atoms with E-state index < -0.39 is 15.9 Å². The molecule has 1 aliphatic rings. The number of ether oxygens (including phenoxy) is 1. The number of hydrogen-bond donors (Lipinski definition) is 1. The number of sulfone groups is 1. The van der Waals surface area contributed by atoms with Crippen LogP contribution in [0.3, 0.4) is 0 Å². The van der Waals surface area contributed by atoms with E-state index in [0.717, 1.165) is 12.0 Å². The Hall–Kier alpha value is -0.910. The summed E-state index contributed by atoms with van der Waals surface area (Å²) in [5, 5.41) is 10.1. The lowest BCUT2D eigenvalue weighted by atomic mass is 9.87.